The molecule has 2 aliphatic heterocycles. The number of aliphatic carboxylic acids is 1. The van der Waals surface area contributed by atoms with Crippen LogP contribution < -0.4 is 0 Å². The Morgan fingerprint density at radius 3 is 2.68 bits per heavy atom. The van der Waals surface area contributed by atoms with Gasteiger partial charge in [0.25, 0.3) is 0 Å². The van der Waals surface area contributed by atoms with E-state index in [-0.39, 0.29) is 6.54 Å². The molecule has 0 amide bonds. The molecule has 0 spiro atoms. The number of carboxylic acid groups (broad SMARTS) is 1. The Kier molecular flexibility index (Phi) is 6.07. The topological polar surface area (TPSA) is 53.0 Å². The molecule has 0 saturated carbocycles. The zero-order chi connectivity index (χ0) is 13.5. The molecule has 0 aliphatic carbocycles. The summed E-state index contributed by atoms with van der Waals surface area (Å²) in [4.78, 5) is 15.2. The van der Waals surface area contributed by atoms with Gasteiger partial charge in [-0.15, -0.1) is 0 Å². The third kappa shape index (κ3) is 5.47. The van der Waals surface area contributed by atoms with E-state index in [2.05, 4.69) is 4.90 Å². The molecule has 1 unspecified atom stereocenters. The molecule has 0 aromatic carbocycles. The van der Waals surface area contributed by atoms with Crippen LogP contribution in [0.2, 0.25) is 0 Å². The van der Waals surface area contributed by atoms with E-state index in [9.17, 15) is 4.79 Å². The summed E-state index contributed by atoms with van der Waals surface area (Å²) in [7, 11) is 0. The van der Waals surface area contributed by atoms with Crippen LogP contribution in [-0.2, 0) is 9.53 Å². The molecule has 0 radical (unpaired) electrons. The molecule has 2 heterocycles. The van der Waals surface area contributed by atoms with Crippen LogP contribution >= 0.6 is 0 Å². The van der Waals surface area contributed by atoms with Gasteiger partial charge in [0.05, 0.1) is 12.6 Å². The molecular weight excluding hydrogens is 244 g/mol. The average molecular weight is 270 g/mol. The number of rotatable bonds is 6. The Morgan fingerprint density at radius 1 is 1.16 bits per heavy atom. The molecule has 2 saturated heterocycles. The van der Waals surface area contributed by atoms with Gasteiger partial charge < -0.3 is 14.7 Å². The number of ether oxygens (including phenoxy) is 1. The maximum Gasteiger partial charge on any atom is 0.317 e. The number of hydrogen-bond donors (Lipinski definition) is 1. The van der Waals surface area contributed by atoms with Gasteiger partial charge in [-0.25, -0.2) is 0 Å². The van der Waals surface area contributed by atoms with Gasteiger partial charge in [0.15, 0.2) is 0 Å². The quantitative estimate of drug-likeness (QED) is 0.781. The first-order chi connectivity index (χ1) is 9.24. The van der Waals surface area contributed by atoms with E-state index in [4.69, 9.17) is 9.84 Å². The highest BCUT2D eigenvalue weighted by atomic mass is 16.5. The molecule has 0 bridgehead atoms. The first-order valence-corrected chi connectivity index (χ1v) is 7.52. The minimum atomic E-state index is -0.716. The second-order valence-electron chi connectivity index (χ2n) is 5.64. The Morgan fingerprint density at radius 2 is 1.95 bits per heavy atom. The maximum atomic E-state index is 10.7. The average Bonchev–Trinajstić information content (AvgIpc) is 2.78. The van der Waals surface area contributed by atoms with E-state index < -0.39 is 5.97 Å². The van der Waals surface area contributed by atoms with Gasteiger partial charge in [0.1, 0.15) is 0 Å². The molecular formula is C14H26N2O3. The van der Waals surface area contributed by atoms with Crippen LogP contribution in [0.15, 0.2) is 0 Å². The minimum absolute atomic E-state index is 0.184. The monoisotopic (exact) mass is 270 g/mol. The van der Waals surface area contributed by atoms with Gasteiger partial charge in [0, 0.05) is 26.2 Å². The molecule has 2 aliphatic rings. The van der Waals surface area contributed by atoms with Gasteiger partial charge in [0.2, 0.25) is 0 Å². The number of carbonyl (C=O) groups is 1. The first kappa shape index (κ1) is 14.8. The normalized spacial score (nSPS) is 26.4. The molecule has 19 heavy (non-hydrogen) atoms. The fourth-order valence-electron chi connectivity index (χ4n) is 3.01. The highest BCUT2D eigenvalue weighted by Gasteiger charge is 2.18. The van der Waals surface area contributed by atoms with Crippen LogP contribution in [0.5, 0.6) is 0 Å². The molecule has 0 aromatic rings. The molecule has 5 nitrogen and oxygen atoms in total. The van der Waals surface area contributed by atoms with Crippen molar-refractivity contribution in [2.75, 3.05) is 45.9 Å². The van der Waals surface area contributed by atoms with Crippen LogP contribution in [0.1, 0.15) is 32.1 Å². The summed E-state index contributed by atoms with van der Waals surface area (Å²) < 4.78 is 5.64. The molecule has 2 fully saturated rings. The standard InChI is InChI=1S/C14H26N2O3/c17-14(18)12-16-8-3-7-15(9-10-16)6-1-4-13-5-2-11-19-13/h13H,1-12H2,(H,17,18). The summed E-state index contributed by atoms with van der Waals surface area (Å²) in [6.45, 7) is 6.14. The molecule has 110 valence electrons. The van der Waals surface area contributed by atoms with Crippen molar-refractivity contribution in [3.8, 4) is 0 Å². The number of carboxylic acids is 1. The van der Waals surface area contributed by atoms with Crippen molar-refractivity contribution in [1.82, 2.24) is 9.80 Å². The van der Waals surface area contributed by atoms with Crippen LogP contribution in [0.3, 0.4) is 0 Å². The molecule has 1 atom stereocenters. The summed E-state index contributed by atoms with van der Waals surface area (Å²) in [6.07, 6.45) is 6.40. The highest BCUT2D eigenvalue weighted by Crippen LogP contribution is 2.17. The Balaban J connectivity index is 1.60. The smallest absolute Gasteiger partial charge is 0.317 e. The van der Waals surface area contributed by atoms with E-state index >= 15 is 0 Å². The second-order valence-corrected chi connectivity index (χ2v) is 5.64. The number of nitrogens with zero attached hydrogens (tertiary/aromatic N) is 2. The van der Waals surface area contributed by atoms with Crippen LogP contribution in [0.4, 0.5) is 0 Å². The molecule has 5 heteroatoms. The van der Waals surface area contributed by atoms with Crippen molar-refractivity contribution in [3.63, 3.8) is 0 Å². The lowest BCUT2D eigenvalue weighted by Gasteiger charge is -2.21. The predicted molar refractivity (Wildman–Crippen MR) is 73.3 cm³/mol. The molecule has 0 aromatic heterocycles. The van der Waals surface area contributed by atoms with E-state index in [0.29, 0.717) is 6.10 Å². The van der Waals surface area contributed by atoms with Gasteiger partial charge in [-0.3, -0.25) is 9.69 Å². The third-order valence-electron chi connectivity index (χ3n) is 4.06. The van der Waals surface area contributed by atoms with E-state index in [1.54, 1.807) is 0 Å². The Labute approximate surface area is 115 Å². The van der Waals surface area contributed by atoms with E-state index in [0.717, 1.165) is 45.8 Å². The number of hydrogen-bond acceptors (Lipinski definition) is 4. The summed E-state index contributed by atoms with van der Waals surface area (Å²) >= 11 is 0. The zero-order valence-corrected chi connectivity index (χ0v) is 11.7. The fraction of sp³-hybridized carbons (Fsp3) is 0.929. The maximum absolute atomic E-state index is 10.7. The summed E-state index contributed by atoms with van der Waals surface area (Å²) in [6, 6.07) is 0. The fourth-order valence-corrected chi connectivity index (χ4v) is 3.01. The van der Waals surface area contributed by atoms with Gasteiger partial charge in [-0.05, 0) is 45.2 Å². The van der Waals surface area contributed by atoms with Crippen LogP contribution in [0.25, 0.3) is 0 Å². The molecule has 2 rings (SSSR count). The van der Waals surface area contributed by atoms with Crippen molar-refractivity contribution >= 4 is 5.97 Å². The lowest BCUT2D eigenvalue weighted by Crippen LogP contribution is -2.34. The van der Waals surface area contributed by atoms with Gasteiger partial charge >= 0.3 is 5.97 Å². The van der Waals surface area contributed by atoms with Gasteiger partial charge in [-0.2, -0.15) is 0 Å². The Hall–Kier alpha value is -0.650. The summed E-state index contributed by atoms with van der Waals surface area (Å²) in [5, 5.41) is 8.82. The SMILES string of the molecule is O=C(O)CN1CCCN(CCCC2CCCO2)CC1. The summed E-state index contributed by atoms with van der Waals surface area (Å²) in [5.41, 5.74) is 0. The van der Waals surface area contributed by atoms with Crippen LogP contribution in [0, 0.1) is 0 Å². The Bertz CT molecular complexity index is 280. The van der Waals surface area contributed by atoms with Crippen molar-refractivity contribution in [2.45, 2.75) is 38.2 Å². The van der Waals surface area contributed by atoms with Crippen molar-refractivity contribution in [1.29, 1.82) is 0 Å². The summed E-state index contributed by atoms with van der Waals surface area (Å²) in [5.74, 6) is -0.716. The van der Waals surface area contributed by atoms with Gasteiger partial charge in [-0.1, -0.05) is 0 Å². The predicted octanol–water partition coefficient (Wildman–Crippen LogP) is 1.04. The van der Waals surface area contributed by atoms with Crippen molar-refractivity contribution in [3.05, 3.63) is 0 Å². The van der Waals surface area contributed by atoms with Crippen LogP contribution in [-0.4, -0.2) is 72.9 Å². The highest BCUT2D eigenvalue weighted by molar-refractivity contribution is 5.69. The second kappa shape index (κ2) is 7.82. The lowest BCUT2D eigenvalue weighted by atomic mass is 10.1. The third-order valence-corrected chi connectivity index (χ3v) is 4.06. The first-order valence-electron chi connectivity index (χ1n) is 7.52. The minimum Gasteiger partial charge on any atom is -0.480 e. The van der Waals surface area contributed by atoms with Crippen molar-refractivity contribution in [2.24, 2.45) is 0 Å². The molecule has 1 N–H and O–H groups in total. The van der Waals surface area contributed by atoms with E-state index in [1.165, 1.54) is 25.7 Å². The zero-order valence-electron chi connectivity index (χ0n) is 11.7. The largest absolute Gasteiger partial charge is 0.480 e. The lowest BCUT2D eigenvalue weighted by molar-refractivity contribution is -0.138. The van der Waals surface area contributed by atoms with E-state index in [1.807, 2.05) is 4.90 Å². The van der Waals surface area contributed by atoms with Crippen molar-refractivity contribution < 1.29 is 14.6 Å².